The van der Waals surface area contributed by atoms with Crippen molar-refractivity contribution in [2.24, 2.45) is 0 Å². The molecule has 1 saturated heterocycles. The van der Waals surface area contributed by atoms with Gasteiger partial charge in [0.05, 0.1) is 34.2 Å². The van der Waals surface area contributed by atoms with E-state index in [1.165, 1.54) is 6.07 Å². The third kappa shape index (κ3) is 1.88. The van der Waals surface area contributed by atoms with Gasteiger partial charge in [0.15, 0.2) is 0 Å². The van der Waals surface area contributed by atoms with Crippen molar-refractivity contribution >= 4 is 34.7 Å². The first-order chi connectivity index (χ1) is 8.97. The summed E-state index contributed by atoms with van der Waals surface area (Å²) in [5.74, 6) is -1.28. The Hall–Kier alpha value is -1.63. The number of hydrogen-bond acceptors (Lipinski definition) is 5. The quantitative estimate of drug-likeness (QED) is 0.632. The number of carbonyl (C=O) groups is 2. The standard InChI is InChI=1S/C12H11ClN2O4/c13-6-1-5-7(14-12(19)11(5)18)2-8(6)15-3-9(16)10(17)4-15/h1-2,9-10,16-17H,3-4H2,(H,14,18,19). The number of nitrogens with zero attached hydrogens (tertiary/aromatic N) is 1. The molecule has 2 aliphatic rings. The Kier molecular flexibility index (Phi) is 2.74. The maximum atomic E-state index is 11.5. The van der Waals surface area contributed by atoms with Crippen molar-refractivity contribution in [3.63, 3.8) is 0 Å². The number of benzene rings is 1. The van der Waals surface area contributed by atoms with Gasteiger partial charge in [0.25, 0.3) is 11.7 Å². The lowest BCUT2D eigenvalue weighted by Gasteiger charge is -2.20. The zero-order valence-electron chi connectivity index (χ0n) is 9.76. The van der Waals surface area contributed by atoms with Gasteiger partial charge < -0.3 is 20.4 Å². The number of amides is 1. The smallest absolute Gasteiger partial charge is 0.296 e. The molecule has 2 unspecified atom stereocenters. The van der Waals surface area contributed by atoms with Gasteiger partial charge >= 0.3 is 0 Å². The Morgan fingerprint density at radius 1 is 1.21 bits per heavy atom. The van der Waals surface area contributed by atoms with Crippen molar-refractivity contribution in [2.75, 3.05) is 23.3 Å². The molecule has 0 spiro atoms. The summed E-state index contributed by atoms with van der Waals surface area (Å²) in [6, 6.07) is 3.02. The minimum Gasteiger partial charge on any atom is -0.389 e. The maximum absolute atomic E-state index is 11.5. The summed E-state index contributed by atoms with van der Waals surface area (Å²) in [7, 11) is 0. The van der Waals surface area contributed by atoms with Crippen LogP contribution < -0.4 is 10.2 Å². The number of ketones is 1. The molecule has 19 heavy (non-hydrogen) atoms. The van der Waals surface area contributed by atoms with Gasteiger partial charge in [-0.25, -0.2) is 0 Å². The van der Waals surface area contributed by atoms with Gasteiger partial charge in [-0.15, -0.1) is 0 Å². The summed E-state index contributed by atoms with van der Waals surface area (Å²) in [6.45, 7) is 0.503. The molecule has 3 N–H and O–H groups in total. The molecule has 1 aromatic carbocycles. The second-order valence-corrected chi connectivity index (χ2v) is 5.08. The lowest BCUT2D eigenvalue weighted by molar-refractivity contribution is -0.112. The van der Waals surface area contributed by atoms with Crippen LogP contribution in [0, 0.1) is 0 Å². The molecule has 0 radical (unpaired) electrons. The molecule has 7 heteroatoms. The van der Waals surface area contributed by atoms with Crippen molar-refractivity contribution in [3.05, 3.63) is 22.7 Å². The molecule has 1 fully saturated rings. The number of anilines is 2. The topological polar surface area (TPSA) is 89.9 Å². The van der Waals surface area contributed by atoms with Crippen LogP contribution in [0.4, 0.5) is 11.4 Å². The average molecular weight is 283 g/mol. The summed E-state index contributed by atoms with van der Waals surface area (Å²) >= 11 is 6.10. The molecule has 0 aliphatic carbocycles. The number of nitrogens with one attached hydrogen (secondary N) is 1. The minimum absolute atomic E-state index is 0.249. The number of hydrogen-bond donors (Lipinski definition) is 3. The first kappa shape index (κ1) is 12.4. The molecular formula is C12H11ClN2O4. The number of aliphatic hydroxyl groups excluding tert-OH is 2. The van der Waals surface area contributed by atoms with E-state index in [4.69, 9.17) is 11.6 Å². The highest BCUT2D eigenvalue weighted by Gasteiger charge is 2.34. The van der Waals surface area contributed by atoms with Crippen LogP contribution >= 0.6 is 11.6 Å². The first-order valence-corrected chi connectivity index (χ1v) is 6.15. The van der Waals surface area contributed by atoms with Crippen LogP contribution in [0.25, 0.3) is 0 Å². The molecule has 0 saturated carbocycles. The molecule has 0 aromatic heterocycles. The maximum Gasteiger partial charge on any atom is 0.296 e. The zero-order valence-corrected chi connectivity index (χ0v) is 10.5. The Bertz CT molecular complexity index is 579. The Morgan fingerprint density at radius 2 is 1.84 bits per heavy atom. The van der Waals surface area contributed by atoms with E-state index < -0.39 is 23.9 Å². The molecule has 2 atom stereocenters. The normalized spacial score (nSPS) is 25.7. The molecule has 1 amide bonds. The van der Waals surface area contributed by atoms with Crippen molar-refractivity contribution in [1.29, 1.82) is 0 Å². The van der Waals surface area contributed by atoms with Crippen LogP contribution in [0.3, 0.4) is 0 Å². The van der Waals surface area contributed by atoms with Gasteiger partial charge in [-0.1, -0.05) is 11.6 Å². The highest BCUT2D eigenvalue weighted by molar-refractivity contribution is 6.52. The van der Waals surface area contributed by atoms with E-state index in [2.05, 4.69) is 5.32 Å². The number of β-amino-alcohol motifs (C(OH)–C–C–N with tert-alkyl or cyclic N) is 2. The third-order valence-electron chi connectivity index (χ3n) is 3.39. The van der Waals surface area contributed by atoms with Gasteiger partial charge in [-0.3, -0.25) is 9.59 Å². The Morgan fingerprint density at radius 3 is 2.47 bits per heavy atom. The SMILES string of the molecule is O=C1Nc2cc(N3CC(O)C(O)C3)c(Cl)cc2C1=O. The minimum atomic E-state index is -0.833. The predicted molar refractivity (Wildman–Crippen MR) is 68.6 cm³/mol. The number of aliphatic hydroxyl groups is 2. The lowest BCUT2D eigenvalue weighted by atomic mass is 10.1. The fraction of sp³-hybridized carbons (Fsp3) is 0.333. The predicted octanol–water partition coefficient (Wildman–Crippen LogP) is 0.0166. The van der Waals surface area contributed by atoms with E-state index in [0.29, 0.717) is 16.4 Å². The number of Topliss-reactive ketones (excluding diaryl/α,β-unsaturated/α-hetero) is 1. The summed E-state index contributed by atoms with van der Waals surface area (Å²) in [5, 5.41) is 21.9. The van der Waals surface area contributed by atoms with Crippen LogP contribution in [0.15, 0.2) is 12.1 Å². The molecule has 0 bridgehead atoms. The van der Waals surface area contributed by atoms with Gasteiger partial charge in [-0.05, 0) is 12.1 Å². The van der Waals surface area contributed by atoms with Crippen LogP contribution in [-0.4, -0.2) is 47.2 Å². The van der Waals surface area contributed by atoms with E-state index >= 15 is 0 Å². The van der Waals surface area contributed by atoms with Gasteiger partial charge in [0.1, 0.15) is 0 Å². The average Bonchev–Trinajstić information content (AvgIpc) is 2.82. The van der Waals surface area contributed by atoms with E-state index in [0.717, 1.165) is 0 Å². The number of carbonyl (C=O) groups excluding carboxylic acids is 2. The van der Waals surface area contributed by atoms with Crippen molar-refractivity contribution in [3.8, 4) is 0 Å². The molecular weight excluding hydrogens is 272 g/mol. The lowest BCUT2D eigenvalue weighted by Crippen LogP contribution is -2.22. The van der Waals surface area contributed by atoms with Crippen molar-refractivity contribution < 1.29 is 19.8 Å². The number of fused-ring (bicyclic) bond motifs is 1. The largest absolute Gasteiger partial charge is 0.389 e. The van der Waals surface area contributed by atoms with Crippen LogP contribution in [0.1, 0.15) is 10.4 Å². The van der Waals surface area contributed by atoms with Crippen molar-refractivity contribution in [2.45, 2.75) is 12.2 Å². The molecule has 2 aliphatic heterocycles. The molecule has 6 nitrogen and oxygen atoms in total. The van der Waals surface area contributed by atoms with Crippen LogP contribution in [-0.2, 0) is 4.79 Å². The first-order valence-electron chi connectivity index (χ1n) is 5.77. The van der Waals surface area contributed by atoms with Gasteiger partial charge in [-0.2, -0.15) is 0 Å². The van der Waals surface area contributed by atoms with Crippen LogP contribution in [0.2, 0.25) is 5.02 Å². The fourth-order valence-corrected chi connectivity index (χ4v) is 2.65. The summed E-state index contributed by atoms with van der Waals surface area (Å²) in [4.78, 5) is 24.5. The highest BCUT2D eigenvalue weighted by Crippen LogP contribution is 2.36. The van der Waals surface area contributed by atoms with Crippen LogP contribution in [0.5, 0.6) is 0 Å². The number of rotatable bonds is 1. The van der Waals surface area contributed by atoms with Gasteiger partial charge in [0, 0.05) is 13.1 Å². The second kappa shape index (κ2) is 4.19. The Labute approximate surface area is 113 Å². The number of halogens is 1. The van der Waals surface area contributed by atoms with E-state index in [1.807, 2.05) is 0 Å². The molecule has 3 rings (SSSR count). The second-order valence-electron chi connectivity index (χ2n) is 4.67. The summed E-state index contributed by atoms with van der Waals surface area (Å²) in [5.41, 5.74) is 1.23. The molecule has 2 heterocycles. The van der Waals surface area contributed by atoms with E-state index in [1.54, 1.807) is 11.0 Å². The van der Waals surface area contributed by atoms with E-state index in [9.17, 15) is 19.8 Å². The summed E-state index contributed by atoms with van der Waals surface area (Å²) in [6.07, 6.45) is -1.67. The van der Waals surface area contributed by atoms with E-state index in [-0.39, 0.29) is 18.7 Å². The molecule has 100 valence electrons. The van der Waals surface area contributed by atoms with Crippen molar-refractivity contribution in [1.82, 2.24) is 0 Å². The summed E-state index contributed by atoms with van der Waals surface area (Å²) < 4.78 is 0. The van der Waals surface area contributed by atoms with Gasteiger partial charge in [0.2, 0.25) is 0 Å². The monoisotopic (exact) mass is 282 g/mol. The molecule has 1 aromatic rings. The highest BCUT2D eigenvalue weighted by atomic mass is 35.5. The fourth-order valence-electron chi connectivity index (χ4n) is 2.36. The third-order valence-corrected chi connectivity index (χ3v) is 3.69. The zero-order chi connectivity index (χ0) is 13.7. The Balaban J connectivity index is 1.99.